The van der Waals surface area contributed by atoms with Gasteiger partial charge in [-0.1, -0.05) is 25.1 Å². The number of aromatic nitrogens is 3. The largest absolute Gasteiger partial charge is 0.485 e. The topological polar surface area (TPSA) is 39.9 Å². The van der Waals surface area contributed by atoms with E-state index in [0.29, 0.717) is 6.61 Å². The summed E-state index contributed by atoms with van der Waals surface area (Å²) in [4.78, 5) is 0. The average molecular weight is 257 g/mol. The molecule has 1 aromatic heterocycles. The van der Waals surface area contributed by atoms with Gasteiger partial charge in [0.15, 0.2) is 5.82 Å². The zero-order chi connectivity index (χ0) is 13.1. The summed E-state index contributed by atoms with van der Waals surface area (Å²) in [5.41, 5.74) is 1.24. The fraction of sp³-hybridized carbons (Fsp3) is 0.467. The molecule has 0 atom stereocenters. The highest BCUT2D eigenvalue weighted by molar-refractivity contribution is 5.33. The van der Waals surface area contributed by atoms with E-state index in [1.165, 1.54) is 18.4 Å². The van der Waals surface area contributed by atoms with Gasteiger partial charge in [0.25, 0.3) is 0 Å². The van der Waals surface area contributed by atoms with Gasteiger partial charge in [-0.05, 0) is 30.9 Å². The Labute approximate surface area is 113 Å². The lowest BCUT2D eigenvalue weighted by Crippen LogP contribution is -2.14. The first kappa shape index (κ1) is 12.2. The Morgan fingerprint density at radius 1 is 1.21 bits per heavy atom. The number of hydrogen-bond donors (Lipinski definition) is 0. The van der Waals surface area contributed by atoms with Crippen molar-refractivity contribution < 1.29 is 4.74 Å². The zero-order valence-electron chi connectivity index (χ0n) is 11.3. The third-order valence-electron chi connectivity index (χ3n) is 3.65. The highest BCUT2D eigenvalue weighted by Gasteiger charge is 2.16. The van der Waals surface area contributed by atoms with E-state index in [0.717, 1.165) is 36.8 Å². The van der Waals surface area contributed by atoms with Gasteiger partial charge >= 0.3 is 0 Å². The van der Waals surface area contributed by atoms with E-state index in [1.54, 1.807) is 0 Å². The van der Waals surface area contributed by atoms with Crippen molar-refractivity contribution in [1.82, 2.24) is 14.8 Å². The third kappa shape index (κ3) is 2.48. The van der Waals surface area contributed by atoms with Gasteiger partial charge in [0.1, 0.15) is 18.2 Å². The maximum absolute atomic E-state index is 5.92. The van der Waals surface area contributed by atoms with Crippen molar-refractivity contribution in [2.75, 3.05) is 0 Å². The molecule has 0 spiro atoms. The number of nitrogens with zero attached hydrogens (tertiary/aromatic N) is 3. The number of ether oxygens (including phenoxy) is 1. The van der Waals surface area contributed by atoms with Crippen LogP contribution in [0.25, 0.3) is 0 Å². The highest BCUT2D eigenvalue weighted by Crippen LogP contribution is 2.20. The van der Waals surface area contributed by atoms with Crippen LogP contribution in [-0.4, -0.2) is 14.8 Å². The van der Waals surface area contributed by atoms with Gasteiger partial charge in [-0.15, -0.1) is 10.2 Å². The minimum Gasteiger partial charge on any atom is -0.485 e. The molecule has 0 unspecified atom stereocenters. The molecule has 2 heterocycles. The molecule has 4 heteroatoms. The Kier molecular flexibility index (Phi) is 3.49. The zero-order valence-corrected chi connectivity index (χ0v) is 11.3. The molecule has 0 amide bonds. The van der Waals surface area contributed by atoms with Crippen molar-refractivity contribution in [3.63, 3.8) is 0 Å². The molecule has 19 heavy (non-hydrogen) atoms. The number of rotatable bonds is 4. The molecule has 0 radical (unpaired) electrons. The van der Waals surface area contributed by atoms with Crippen LogP contribution in [0.2, 0.25) is 0 Å². The second kappa shape index (κ2) is 5.43. The minimum atomic E-state index is 0.504. The monoisotopic (exact) mass is 257 g/mol. The van der Waals surface area contributed by atoms with Crippen LogP contribution in [0.1, 0.15) is 37.0 Å². The van der Waals surface area contributed by atoms with E-state index in [4.69, 9.17) is 4.74 Å². The maximum atomic E-state index is 5.92. The Morgan fingerprint density at radius 2 is 2.11 bits per heavy atom. The number of fused-ring (bicyclic) bond motifs is 1. The fourth-order valence-electron chi connectivity index (χ4n) is 2.55. The summed E-state index contributed by atoms with van der Waals surface area (Å²) >= 11 is 0. The maximum Gasteiger partial charge on any atom is 0.171 e. The third-order valence-corrected chi connectivity index (χ3v) is 3.65. The van der Waals surface area contributed by atoms with Crippen LogP contribution >= 0.6 is 0 Å². The van der Waals surface area contributed by atoms with Crippen molar-refractivity contribution in [1.29, 1.82) is 0 Å². The SMILES string of the molecule is CCc1ccccc1OCc1nnc2n1CCCC2. The summed E-state index contributed by atoms with van der Waals surface area (Å²) in [5.74, 6) is 3.01. The van der Waals surface area contributed by atoms with E-state index in [2.05, 4.69) is 27.8 Å². The van der Waals surface area contributed by atoms with Gasteiger partial charge < -0.3 is 9.30 Å². The normalized spacial score (nSPS) is 14.2. The van der Waals surface area contributed by atoms with Crippen molar-refractivity contribution >= 4 is 0 Å². The van der Waals surface area contributed by atoms with Crippen molar-refractivity contribution in [3.8, 4) is 5.75 Å². The smallest absolute Gasteiger partial charge is 0.171 e. The number of benzene rings is 1. The second-order valence-corrected chi connectivity index (χ2v) is 4.89. The summed E-state index contributed by atoms with van der Waals surface area (Å²) in [5, 5.41) is 8.50. The van der Waals surface area contributed by atoms with Gasteiger partial charge in [-0.3, -0.25) is 0 Å². The molecule has 100 valence electrons. The van der Waals surface area contributed by atoms with Gasteiger partial charge in [0.2, 0.25) is 0 Å². The molecule has 0 fully saturated rings. The second-order valence-electron chi connectivity index (χ2n) is 4.89. The lowest BCUT2D eigenvalue weighted by molar-refractivity contribution is 0.283. The Bertz CT molecular complexity index is 562. The van der Waals surface area contributed by atoms with Crippen LogP contribution < -0.4 is 4.74 Å². The van der Waals surface area contributed by atoms with E-state index in [1.807, 2.05) is 18.2 Å². The molecule has 0 saturated heterocycles. The number of aryl methyl sites for hydroxylation is 2. The number of para-hydroxylation sites is 1. The van der Waals surface area contributed by atoms with Gasteiger partial charge in [-0.2, -0.15) is 0 Å². The fourth-order valence-corrected chi connectivity index (χ4v) is 2.55. The molecule has 0 saturated carbocycles. The molecule has 2 aromatic rings. The van der Waals surface area contributed by atoms with Crippen LogP contribution in [0, 0.1) is 0 Å². The standard InChI is InChI=1S/C15H19N3O/c1-2-12-7-3-4-8-13(12)19-11-15-17-16-14-9-5-6-10-18(14)15/h3-4,7-8H,2,5-6,9-11H2,1H3. The summed E-state index contributed by atoms with van der Waals surface area (Å²) < 4.78 is 8.12. The average Bonchev–Trinajstić information content (AvgIpc) is 2.89. The quantitative estimate of drug-likeness (QED) is 0.845. The highest BCUT2D eigenvalue weighted by atomic mass is 16.5. The van der Waals surface area contributed by atoms with Crippen LogP contribution in [0.3, 0.4) is 0 Å². The Morgan fingerprint density at radius 3 is 3.00 bits per heavy atom. The molecule has 3 rings (SSSR count). The lowest BCUT2D eigenvalue weighted by atomic mass is 10.1. The summed E-state index contributed by atoms with van der Waals surface area (Å²) in [6.07, 6.45) is 4.45. The van der Waals surface area contributed by atoms with E-state index in [-0.39, 0.29) is 0 Å². The molecular formula is C15H19N3O. The van der Waals surface area contributed by atoms with E-state index < -0.39 is 0 Å². The lowest BCUT2D eigenvalue weighted by Gasteiger charge is -2.15. The summed E-state index contributed by atoms with van der Waals surface area (Å²) in [6.45, 7) is 3.67. The molecular weight excluding hydrogens is 238 g/mol. The van der Waals surface area contributed by atoms with Crippen molar-refractivity contribution in [3.05, 3.63) is 41.5 Å². The predicted octanol–water partition coefficient (Wildman–Crippen LogP) is 2.76. The van der Waals surface area contributed by atoms with Crippen LogP contribution in [0.4, 0.5) is 0 Å². The van der Waals surface area contributed by atoms with Crippen molar-refractivity contribution in [2.24, 2.45) is 0 Å². The molecule has 0 N–H and O–H groups in total. The van der Waals surface area contributed by atoms with Gasteiger partial charge in [-0.25, -0.2) is 0 Å². The van der Waals surface area contributed by atoms with Crippen LogP contribution in [-0.2, 0) is 26.0 Å². The van der Waals surface area contributed by atoms with Gasteiger partial charge in [0, 0.05) is 13.0 Å². The predicted molar refractivity (Wildman–Crippen MR) is 73.1 cm³/mol. The van der Waals surface area contributed by atoms with Gasteiger partial charge in [0.05, 0.1) is 0 Å². The molecule has 4 nitrogen and oxygen atoms in total. The molecule has 1 aliphatic rings. The molecule has 0 aliphatic carbocycles. The summed E-state index contributed by atoms with van der Waals surface area (Å²) in [7, 11) is 0. The van der Waals surface area contributed by atoms with Crippen molar-refractivity contribution in [2.45, 2.75) is 45.8 Å². The first-order valence-corrected chi connectivity index (χ1v) is 7.00. The molecule has 1 aromatic carbocycles. The van der Waals surface area contributed by atoms with E-state index in [9.17, 15) is 0 Å². The first-order valence-electron chi connectivity index (χ1n) is 7.00. The first-order chi connectivity index (χ1) is 9.38. The Balaban J connectivity index is 1.74. The number of hydrogen-bond acceptors (Lipinski definition) is 3. The molecule has 0 bridgehead atoms. The molecule has 1 aliphatic heterocycles. The Hall–Kier alpha value is -1.84. The van der Waals surface area contributed by atoms with E-state index >= 15 is 0 Å². The van der Waals surface area contributed by atoms with Crippen LogP contribution in [0.15, 0.2) is 24.3 Å². The summed E-state index contributed by atoms with van der Waals surface area (Å²) in [6, 6.07) is 8.18. The van der Waals surface area contributed by atoms with Crippen LogP contribution in [0.5, 0.6) is 5.75 Å². The minimum absolute atomic E-state index is 0.504.